The SMILES string of the molecule is COC1CC(CC[Si](O)(F)F)CCC1OC(=O)NCCCCCCNC(=O)OC1CCC(CC[Si](O)(F)F)CC1OC. The smallest absolute Gasteiger partial charge is 0.443 e. The normalized spacial score (nSPS) is 26.9. The molecule has 6 unspecified atom stereocenters. The van der Waals surface area contributed by atoms with Crippen molar-refractivity contribution in [2.24, 2.45) is 11.8 Å². The highest BCUT2D eigenvalue weighted by Crippen LogP contribution is 2.34. The van der Waals surface area contributed by atoms with E-state index in [1.165, 1.54) is 14.2 Å². The monoisotopic (exact) mass is 648 g/mol. The average molecular weight is 649 g/mol. The summed E-state index contributed by atoms with van der Waals surface area (Å²) in [5, 5.41) is 5.44. The fourth-order valence-corrected chi connectivity index (χ4v) is 7.27. The van der Waals surface area contributed by atoms with Gasteiger partial charge in [-0.05, 0) is 76.0 Å². The molecular formula is C26H48F4N2O8Si2. The summed E-state index contributed by atoms with van der Waals surface area (Å²) in [6.07, 6.45) is 4.17. The van der Waals surface area contributed by atoms with E-state index in [4.69, 9.17) is 28.5 Å². The summed E-state index contributed by atoms with van der Waals surface area (Å²) in [7, 11) is -7.11. The maximum Gasteiger partial charge on any atom is 0.575 e. The molecule has 0 aromatic heterocycles. The van der Waals surface area contributed by atoms with Gasteiger partial charge in [0.15, 0.2) is 0 Å². The van der Waals surface area contributed by atoms with Gasteiger partial charge in [0.2, 0.25) is 0 Å². The van der Waals surface area contributed by atoms with Gasteiger partial charge in [0.1, 0.15) is 12.2 Å². The van der Waals surface area contributed by atoms with Gasteiger partial charge in [0.05, 0.1) is 12.2 Å². The van der Waals surface area contributed by atoms with Gasteiger partial charge >= 0.3 is 30.2 Å². The van der Waals surface area contributed by atoms with Gasteiger partial charge in [0.25, 0.3) is 0 Å². The Balaban J connectivity index is 1.51. The zero-order chi connectivity index (χ0) is 31.2. The molecule has 246 valence electrons. The summed E-state index contributed by atoms with van der Waals surface area (Å²) in [4.78, 5) is 42.0. The molecule has 0 bridgehead atoms. The molecule has 0 aromatic rings. The largest absolute Gasteiger partial charge is 0.575 e. The molecule has 6 atom stereocenters. The molecule has 0 heterocycles. The van der Waals surface area contributed by atoms with Crippen LogP contribution in [0.4, 0.5) is 26.0 Å². The zero-order valence-electron chi connectivity index (χ0n) is 24.6. The molecule has 0 aliphatic heterocycles. The summed E-state index contributed by atoms with van der Waals surface area (Å²) in [5.41, 5.74) is 0. The number of rotatable bonds is 17. The second-order valence-corrected chi connectivity index (χ2v) is 15.1. The van der Waals surface area contributed by atoms with E-state index in [0.717, 1.165) is 25.7 Å². The number of carbonyl (C=O) groups is 2. The number of hydrogen-bond donors (Lipinski definition) is 4. The zero-order valence-corrected chi connectivity index (χ0v) is 26.6. The third kappa shape index (κ3) is 15.3. The van der Waals surface area contributed by atoms with Gasteiger partial charge in [-0.15, -0.1) is 0 Å². The molecule has 0 radical (unpaired) electrons. The van der Waals surface area contributed by atoms with Gasteiger partial charge in [-0.1, -0.05) is 12.8 Å². The van der Waals surface area contributed by atoms with Crippen LogP contribution in [0.2, 0.25) is 12.1 Å². The van der Waals surface area contributed by atoms with E-state index in [0.29, 0.717) is 51.6 Å². The Hall–Kier alpha value is -1.47. The fourth-order valence-electron chi connectivity index (χ4n) is 5.76. The second kappa shape index (κ2) is 18.4. The van der Waals surface area contributed by atoms with E-state index in [9.17, 15) is 26.0 Å². The molecule has 0 spiro atoms. The van der Waals surface area contributed by atoms with Crippen LogP contribution in [-0.4, -0.2) is 91.5 Å². The number of amides is 2. The van der Waals surface area contributed by atoms with Crippen LogP contribution in [0, 0.1) is 11.8 Å². The number of ether oxygens (including phenoxy) is 4. The lowest BCUT2D eigenvalue weighted by atomic mass is 9.83. The molecule has 2 aliphatic carbocycles. The predicted octanol–water partition coefficient (Wildman–Crippen LogP) is 4.89. The Morgan fingerprint density at radius 1 is 0.667 bits per heavy atom. The first-order valence-electron chi connectivity index (χ1n) is 14.9. The second-order valence-electron chi connectivity index (χ2n) is 11.5. The van der Waals surface area contributed by atoms with Crippen LogP contribution in [0.5, 0.6) is 0 Å². The molecular weight excluding hydrogens is 600 g/mol. The third-order valence-electron chi connectivity index (χ3n) is 8.15. The van der Waals surface area contributed by atoms with Crippen LogP contribution in [0.15, 0.2) is 0 Å². The molecule has 2 amide bonds. The van der Waals surface area contributed by atoms with Crippen molar-refractivity contribution in [3.05, 3.63) is 0 Å². The topological polar surface area (TPSA) is 136 Å². The van der Waals surface area contributed by atoms with Crippen LogP contribution < -0.4 is 10.6 Å². The van der Waals surface area contributed by atoms with E-state index in [2.05, 4.69) is 10.6 Å². The molecule has 2 fully saturated rings. The number of carbonyl (C=O) groups excluding carboxylic acids is 2. The molecule has 10 nitrogen and oxygen atoms in total. The first kappa shape index (κ1) is 36.7. The molecule has 0 saturated heterocycles. The van der Waals surface area contributed by atoms with Crippen LogP contribution in [0.1, 0.15) is 77.0 Å². The van der Waals surface area contributed by atoms with Crippen LogP contribution >= 0.6 is 0 Å². The van der Waals surface area contributed by atoms with Gasteiger partial charge in [0, 0.05) is 39.4 Å². The number of halogens is 4. The van der Waals surface area contributed by atoms with Gasteiger partial charge in [-0.25, -0.2) is 26.0 Å². The number of nitrogens with one attached hydrogen (secondary N) is 2. The van der Waals surface area contributed by atoms with Crippen molar-refractivity contribution >= 4 is 30.2 Å². The lowest BCUT2D eigenvalue weighted by Gasteiger charge is -2.34. The maximum absolute atomic E-state index is 12.9. The molecule has 2 rings (SSSR count). The van der Waals surface area contributed by atoms with Crippen molar-refractivity contribution in [2.45, 2.75) is 114 Å². The maximum atomic E-state index is 12.9. The number of alkyl carbamates (subject to hydrolysis) is 2. The number of hydrogen-bond acceptors (Lipinski definition) is 8. The molecule has 2 aliphatic rings. The Labute approximate surface area is 248 Å². The van der Waals surface area contributed by atoms with Crippen LogP contribution in [0.25, 0.3) is 0 Å². The quantitative estimate of drug-likeness (QED) is 0.0758. The van der Waals surface area contributed by atoms with E-state index >= 15 is 0 Å². The highest BCUT2D eigenvalue weighted by Gasteiger charge is 2.39. The van der Waals surface area contributed by atoms with Gasteiger partial charge in [-0.2, -0.15) is 0 Å². The van der Waals surface area contributed by atoms with E-state index in [1.807, 2.05) is 0 Å². The van der Waals surface area contributed by atoms with Crippen molar-refractivity contribution in [1.82, 2.24) is 10.6 Å². The summed E-state index contributed by atoms with van der Waals surface area (Å²) >= 11 is 0. The molecule has 2 saturated carbocycles. The van der Waals surface area contributed by atoms with Crippen molar-refractivity contribution in [3.63, 3.8) is 0 Å². The molecule has 0 aromatic carbocycles. The summed E-state index contributed by atoms with van der Waals surface area (Å²) in [6.45, 7) is 0.855. The van der Waals surface area contributed by atoms with Gasteiger partial charge < -0.3 is 39.2 Å². The van der Waals surface area contributed by atoms with Crippen LogP contribution in [-0.2, 0) is 18.9 Å². The van der Waals surface area contributed by atoms with Crippen LogP contribution in [0.3, 0.4) is 0 Å². The van der Waals surface area contributed by atoms with E-state index in [1.54, 1.807) is 0 Å². The molecule has 4 N–H and O–H groups in total. The minimum atomic E-state index is -5.06. The van der Waals surface area contributed by atoms with Crippen molar-refractivity contribution in [2.75, 3.05) is 27.3 Å². The summed E-state index contributed by atoms with van der Waals surface area (Å²) in [5.74, 6) is 0.0120. The first-order chi connectivity index (χ1) is 19.8. The van der Waals surface area contributed by atoms with Gasteiger partial charge in [-0.3, -0.25) is 0 Å². The Kier molecular flexibility index (Phi) is 16.1. The summed E-state index contributed by atoms with van der Waals surface area (Å²) in [6, 6.07) is -0.918. The lowest BCUT2D eigenvalue weighted by molar-refractivity contribution is -0.0575. The predicted molar refractivity (Wildman–Crippen MR) is 151 cm³/mol. The molecule has 16 heteroatoms. The summed E-state index contributed by atoms with van der Waals surface area (Å²) < 4.78 is 73.3. The minimum absolute atomic E-state index is 0.00601. The Morgan fingerprint density at radius 3 is 1.38 bits per heavy atom. The van der Waals surface area contributed by atoms with Crippen molar-refractivity contribution < 1.29 is 54.6 Å². The van der Waals surface area contributed by atoms with E-state index < -0.39 is 54.5 Å². The molecule has 42 heavy (non-hydrogen) atoms. The van der Waals surface area contributed by atoms with Crippen molar-refractivity contribution in [1.29, 1.82) is 0 Å². The standard InChI is InChI=1S/C26H48F4N2O8Si2/c1-37-23-17-19(11-15-41(27,28)35)7-9-21(23)39-25(33)31-13-5-3-4-6-14-32-26(34)40-22-10-8-20(18-24(22)38-2)12-16-42(29,30)36/h19-24,35-36H,3-18H2,1-2H3,(H,31,33)(H,32,34). The fraction of sp³-hybridized carbons (Fsp3) is 0.923. The highest BCUT2D eigenvalue weighted by molar-refractivity contribution is 6.57. The lowest BCUT2D eigenvalue weighted by Crippen LogP contribution is -2.41. The Bertz CT molecular complexity index is 745. The third-order valence-corrected chi connectivity index (χ3v) is 9.93. The minimum Gasteiger partial charge on any atom is -0.443 e. The first-order valence-corrected chi connectivity index (χ1v) is 18.8. The Morgan fingerprint density at radius 2 is 1.05 bits per heavy atom. The van der Waals surface area contributed by atoms with E-state index in [-0.39, 0.29) is 36.9 Å². The number of methoxy groups -OCH3 is 2. The highest BCUT2D eigenvalue weighted by atomic mass is 28.4. The average Bonchev–Trinajstić information content (AvgIpc) is 2.92. The van der Waals surface area contributed by atoms with Crippen molar-refractivity contribution in [3.8, 4) is 0 Å². The number of unbranched alkanes of at least 4 members (excludes halogenated alkanes) is 3.